The zero-order valence-corrected chi connectivity index (χ0v) is 12.1. The van der Waals surface area contributed by atoms with Crippen LogP contribution in [-0.4, -0.2) is 69.5 Å². The van der Waals surface area contributed by atoms with E-state index in [-0.39, 0.29) is 29.9 Å². The Bertz CT molecular complexity index is 474. The Morgan fingerprint density at radius 2 is 2.05 bits per heavy atom. The molecule has 0 aromatic heterocycles. The Morgan fingerprint density at radius 1 is 1.30 bits per heavy atom. The predicted octanol–water partition coefficient (Wildman–Crippen LogP) is -0.915. The summed E-state index contributed by atoms with van der Waals surface area (Å²) in [6, 6.07) is -0.243. The van der Waals surface area contributed by atoms with Gasteiger partial charge in [-0.05, 0) is 19.3 Å². The number of hydrogen-bond donors (Lipinski definition) is 1. The molecule has 0 amide bonds. The molecule has 8 heteroatoms. The van der Waals surface area contributed by atoms with E-state index in [1.54, 1.807) is 0 Å². The molecule has 3 unspecified atom stereocenters. The molecule has 0 spiro atoms. The van der Waals surface area contributed by atoms with Crippen LogP contribution in [0.5, 0.6) is 0 Å². The highest BCUT2D eigenvalue weighted by Crippen LogP contribution is 2.32. The van der Waals surface area contributed by atoms with Crippen molar-refractivity contribution in [1.29, 1.82) is 0 Å². The first-order chi connectivity index (χ1) is 9.54. The maximum Gasteiger partial charge on any atom is 0.320 e. The van der Waals surface area contributed by atoms with Crippen molar-refractivity contribution in [2.45, 2.75) is 36.7 Å². The van der Waals surface area contributed by atoms with Gasteiger partial charge in [0.2, 0.25) is 10.0 Å². The van der Waals surface area contributed by atoms with Gasteiger partial charge < -0.3 is 9.47 Å². The second kappa shape index (κ2) is 5.59. The lowest BCUT2D eigenvalue weighted by atomic mass is 9.93. The molecule has 114 valence electrons. The number of sulfonamides is 1. The van der Waals surface area contributed by atoms with Crippen molar-refractivity contribution in [3.63, 3.8) is 0 Å². The molecule has 2 bridgehead atoms. The molecule has 3 atom stereocenters. The van der Waals surface area contributed by atoms with E-state index < -0.39 is 10.0 Å². The van der Waals surface area contributed by atoms with Crippen LogP contribution >= 0.6 is 0 Å². The van der Waals surface area contributed by atoms with Crippen molar-refractivity contribution in [2.24, 2.45) is 0 Å². The van der Waals surface area contributed by atoms with Gasteiger partial charge in [-0.2, -0.15) is 0 Å². The molecule has 2 aliphatic heterocycles. The third-order valence-electron chi connectivity index (χ3n) is 4.23. The van der Waals surface area contributed by atoms with E-state index in [2.05, 4.69) is 4.72 Å². The van der Waals surface area contributed by atoms with Crippen molar-refractivity contribution in [3.05, 3.63) is 0 Å². The quantitative estimate of drug-likeness (QED) is 0.679. The van der Waals surface area contributed by atoms with Gasteiger partial charge >= 0.3 is 5.97 Å². The highest BCUT2D eigenvalue weighted by atomic mass is 32.2. The average Bonchev–Trinajstić information content (AvgIpc) is 2.65. The number of ether oxygens (including phenoxy) is 2. The van der Waals surface area contributed by atoms with Gasteiger partial charge in [-0.3, -0.25) is 9.69 Å². The van der Waals surface area contributed by atoms with Crippen LogP contribution in [-0.2, 0) is 24.3 Å². The minimum absolute atomic E-state index is 0.243. The first-order valence-electron chi connectivity index (χ1n) is 7.05. The summed E-state index contributed by atoms with van der Waals surface area (Å²) in [5.74, 6) is -0.276. The van der Waals surface area contributed by atoms with Gasteiger partial charge in [0.15, 0.2) is 0 Å². The fourth-order valence-electron chi connectivity index (χ4n) is 3.11. The fourth-order valence-corrected chi connectivity index (χ4v) is 4.88. The summed E-state index contributed by atoms with van der Waals surface area (Å²) in [4.78, 5) is 13.9. The minimum Gasteiger partial charge on any atom is -0.460 e. The van der Waals surface area contributed by atoms with E-state index in [0.717, 1.165) is 13.1 Å². The minimum atomic E-state index is -3.19. The molecule has 2 heterocycles. The summed E-state index contributed by atoms with van der Waals surface area (Å²) in [6.45, 7) is 3.00. The molecule has 3 aliphatic rings. The summed E-state index contributed by atoms with van der Waals surface area (Å²) in [5, 5.41) is -0.304. The largest absolute Gasteiger partial charge is 0.460 e. The lowest BCUT2D eigenvalue weighted by Crippen LogP contribution is -2.44. The van der Waals surface area contributed by atoms with Crippen LogP contribution < -0.4 is 4.72 Å². The normalized spacial score (nSPS) is 36.7. The smallest absolute Gasteiger partial charge is 0.320 e. The SMILES string of the molecule is O=C(CN1CCOCC1)OC1CCC2CC1NS2(=O)=O. The molecule has 1 aliphatic carbocycles. The lowest BCUT2D eigenvalue weighted by Gasteiger charge is -2.29. The molecule has 0 aromatic carbocycles. The molecule has 3 fully saturated rings. The van der Waals surface area contributed by atoms with Gasteiger partial charge in [0.1, 0.15) is 6.10 Å². The zero-order valence-electron chi connectivity index (χ0n) is 11.3. The van der Waals surface area contributed by atoms with E-state index >= 15 is 0 Å². The van der Waals surface area contributed by atoms with Crippen LogP contribution in [0.25, 0.3) is 0 Å². The van der Waals surface area contributed by atoms with Gasteiger partial charge in [0.05, 0.1) is 31.1 Å². The molecule has 0 aromatic rings. The summed E-state index contributed by atoms with van der Waals surface area (Å²) in [7, 11) is -3.19. The molecular formula is C12H20N2O5S. The summed E-state index contributed by atoms with van der Waals surface area (Å²) < 4.78 is 36.7. The van der Waals surface area contributed by atoms with Gasteiger partial charge in [-0.15, -0.1) is 0 Å². The van der Waals surface area contributed by atoms with Gasteiger partial charge in [-0.25, -0.2) is 13.1 Å². The third kappa shape index (κ3) is 2.98. The first kappa shape index (κ1) is 14.2. The number of hydrogen-bond acceptors (Lipinski definition) is 6. The molecule has 2 saturated heterocycles. The van der Waals surface area contributed by atoms with Crippen molar-refractivity contribution in [1.82, 2.24) is 9.62 Å². The second-order valence-corrected chi connectivity index (χ2v) is 7.61. The van der Waals surface area contributed by atoms with E-state index in [1.807, 2.05) is 4.90 Å². The second-order valence-electron chi connectivity index (χ2n) is 5.62. The summed E-state index contributed by atoms with van der Waals surface area (Å²) in [5.41, 5.74) is 0. The molecular weight excluding hydrogens is 284 g/mol. The average molecular weight is 304 g/mol. The van der Waals surface area contributed by atoms with E-state index in [4.69, 9.17) is 9.47 Å². The van der Waals surface area contributed by atoms with Crippen LogP contribution in [0.2, 0.25) is 0 Å². The molecule has 1 N–H and O–H groups in total. The maximum atomic E-state index is 11.9. The van der Waals surface area contributed by atoms with E-state index in [1.165, 1.54) is 0 Å². The molecule has 20 heavy (non-hydrogen) atoms. The maximum absolute atomic E-state index is 11.9. The third-order valence-corrected chi connectivity index (χ3v) is 6.17. The van der Waals surface area contributed by atoms with Crippen LogP contribution in [0.1, 0.15) is 19.3 Å². The van der Waals surface area contributed by atoms with Crippen LogP contribution in [0.3, 0.4) is 0 Å². The molecule has 7 nitrogen and oxygen atoms in total. The highest BCUT2D eigenvalue weighted by molar-refractivity contribution is 7.90. The van der Waals surface area contributed by atoms with Crippen LogP contribution in [0.4, 0.5) is 0 Å². The van der Waals surface area contributed by atoms with Crippen molar-refractivity contribution in [2.75, 3.05) is 32.8 Å². The van der Waals surface area contributed by atoms with Crippen molar-refractivity contribution < 1.29 is 22.7 Å². The van der Waals surface area contributed by atoms with Gasteiger partial charge in [0.25, 0.3) is 0 Å². The zero-order chi connectivity index (χ0) is 14.2. The number of nitrogens with one attached hydrogen (secondary N) is 1. The fraction of sp³-hybridized carbons (Fsp3) is 0.917. The number of rotatable bonds is 3. The van der Waals surface area contributed by atoms with Crippen molar-refractivity contribution >= 4 is 16.0 Å². The highest BCUT2D eigenvalue weighted by Gasteiger charge is 2.46. The monoisotopic (exact) mass is 304 g/mol. The number of carbonyl (C=O) groups excluding carboxylic acids is 1. The molecule has 0 radical (unpaired) electrons. The number of carbonyl (C=O) groups is 1. The predicted molar refractivity (Wildman–Crippen MR) is 70.6 cm³/mol. The first-order valence-corrected chi connectivity index (χ1v) is 8.60. The lowest BCUT2D eigenvalue weighted by molar-refractivity contribution is -0.153. The topological polar surface area (TPSA) is 84.9 Å². The Morgan fingerprint density at radius 3 is 2.80 bits per heavy atom. The number of esters is 1. The van der Waals surface area contributed by atoms with Gasteiger partial charge in [-0.1, -0.05) is 0 Å². The van der Waals surface area contributed by atoms with Crippen LogP contribution in [0.15, 0.2) is 0 Å². The summed E-state index contributed by atoms with van der Waals surface area (Å²) in [6.07, 6.45) is 1.42. The molecule has 1 saturated carbocycles. The number of morpholine rings is 1. The van der Waals surface area contributed by atoms with E-state index in [9.17, 15) is 13.2 Å². The number of fused-ring (bicyclic) bond motifs is 2. The standard InChI is InChI=1S/C12H20N2O5S/c15-12(8-14-3-5-18-6-4-14)19-11-2-1-9-7-10(11)13-20(9,16)17/h9-11,13H,1-8H2. The Balaban J connectivity index is 1.52. The Kier molecular flexibility index (Phi) is 3.98. The van der Waals surface area contributed by atoms with Crippen LogP contribution in [0, 0.1) is 0 Å². The number of nitrogens with zero attached hydrogens (tertiary/aromatic N) is 1. The van der Waals surface area contributed by atoms with Gasteiger partial charge in [0, 0.05) is 13.1 Å². The summed E-state index contributed by atoms with van der Waals surface area (Å²) >= 11 is 0. The van der Waals surface area contributed by atoms with E-state index in [0.29, 0.717) is 32.5 Å². The molecule has 3 rings (SSSR count). The Hall–Kier alpha value is -0.700. The van der Waals surface area contributed by atoms with Crippen molar-refractivity contribution in [3.8, 4) is 0 Å². The Labute approximate surface area is 118 Å².